The van der Waals surface area contributed by atoms with E-state index in [4.69, 9.17) is 17.0 Å². The van der Waals surface area contributed by atoms with Crippen LogP contribution in [0.4, 0.5) is 0 Å². The van der Waals surface area contributed by atoms with Crippen molar-refractivity contribution in [1.29, 1.82) is 0 Å². The molecule has 96 valence electrons. The molecule has 1 unspecified atom stereocenters. The van der Waals surface area contributed by atoms with E-state index in [-0.39, 0.29) is 12.0 Å². The number of esters is 1. The predicted molar refractivity (Wildman–Crippen MR) is 72.7 cm³/mol. The van der Waals surface area contributed by atoms with Gasteiger partial charge >= 0.3 is 5.97 Å². The predicted octanol–water partition coefficient (Wildman–Crippen LogP) is 1.65. The van der Waals surface area contributed by atoms with E-state index in [1.54, 1.807) is 11.8 Å². The number of thioether (sulfide) groups is 1. The first-order chi connectivity index (χ1) is 8.13. The summed E-state index contributed by atoms with van der Waals surface area (Å²) in [7, 11) is 0. The molecule has 1 aliphatic carbocycles. The van der Waals surface area contributed by atoms with E-state index >= 15 is 0 Å². The van der Waals surface area contributed by atoms with Gasteiger partial charge in [0.15, 0.2) is 0 Å². The first-order valence-electron chi connectivity index (χ1n) is 5.97. The van der Waals surface area contributed by atoms with Crippen LogP contribution in [0, 0.1) is 0 Å². The van der Waals surface area contributed by atoms with Crippen LogP contribution < -0.4 is 0 Å². The van der Waals surface area contributed by atoms with Gasteiger partial charge in [0.2, 0.25) is 0 Å². The largest absolute Gasteiger partial charge is 0.465 e. The molecule has 1 saturated carbocycles. The van der Waals surface area contributed by atoms with Gasteiger partial charge in [-0.3, -0.25) is 9.69 Å². The SMILES string of the molecule is CCOC(=O)C(C)N1CSC(=S)N(C2CC2)C1. The van der Waals surface area contributed by atoms with Crippen LogP contribution in [0.25, 0.3) is 0 Å². The molecule has 0 aromatic rings. The Balaban J connectivity index is 1.92. The molecule has 2 rings (SSSR count). The van der Waals surface area contributed by atoms with Crippen molar-refractivity contribution in [1.82, 2.24) is 9.80 Å². The topological polar surface area (TPSA) is 32.8 Å². The molecule has 4 nitrogen and oxygen atoms in total. The molecular weight excluding hydrogens is 256 g/mol. The zero-order valence-corrected chi connectivity index (χ0v) is 11.9. The van der Waals surface area contributed by atoms with E-state index in [0.29, 0.717) is 12.6 Å². The highest BCUT2D eigenvalue weighted by Gasteiger charge is 2.37. The molecule has 0 aromatic heterocycles. The molecule has 0 bridgehead atoms. The van der Waals surface area contributed by atoms with Gasteiger partial charge in [0, 0.05) is 6.04 Å². The molecule has 2 aliphatic rings. The molecule has 1 atom stereocenters. The number of thiocarbonyl (C=S) groups is 1. The van der Waals surface area contributed by atoms with E-state index in [9.17, 15) is 4.79 Å². The lowest BCUT2D eigenvalue weighted by Gasteiger charge is -2.38. The summed E-state index contributed by atoms with van der Waals surface area (Å²) in [6, 6.07) is 0.416. The molecule has 1 aliphatic heterocycles. The van der Waals surface area contributed by atoms with Gasteiger partial charge in [-0.1, -0.05) is 24.0 Å². The van der Waals surface area contributed by atoms with Gasteiger partial charge in [-0.2, -0.15) is 0 Å². The fourth-order valence-electron chi connectivity index (χ4n) is 1.81. The number of nitrogens with zero attached hydrogens (tertiary/aromatic N) is 2. The number of carbonyl (C=O) groups excluding carboxylic acids is 1. The van der Waals surface area contributed by atoms with Crippen LogP contribution in [0.1, 0.15) is 26.7 Å². The maximum Gasteiger partial charge on any atom is 0.323 e. The highest BCUT2D eigenvalue weighted by molar-refractivity contribution is 8.22. The fraction of sp³-hybridized carbons (Fsp3) is 0.818. The highest BCUT2D eigenvalue weighted by atomic mass is 32.2. The van der Waals surface area contributed by atoms with Gasteiger partial charge in [-0.05, 0) is 26.7 Å². The molecule has 2 fully saturated rings. The quantitative estimate of drug-likeness (QED) is 0.573. The third-order valence-electron chi connectivity index (χ3n) is 3.09. The number of carbonyl (C=O) groups is 1. The van der Waals surface area contributed by atoms with E-state index in [0.717, 1.165) is 16.9 Å². The van der Waals surface area contributed by atoms with Crippen LogP contribution in [0.15, 0.2) is 0 Å². The minimum absolute atomic E-state index is 0.142. The molecule has 0 amide bonds. The van der Waals surface area contributed by atoms with Crippen molar-refractivity contribution in [2.75, 3.05) is 19.2 Å². The number of rotatable bonds is 4. The Hall–Kier alpha value is -0.330. The van der Waals surface area contributed by atoms with Crippen LogP contribution >= 0.6 is 24.0 Å². The van der Waals surface area contributed by atoms with Crippen molar-refractivity contribution in [2.45, 2.75) is 38.8 Å². The van der Waals surface area contributed by atoms with Crippen molar-refractivity contribution in [2.24, 2.45) is 0 Å². The Bertz CT molecular complexity index is 321. The average molecular weight is 274 g/mol. The van der Waals surface area contributed by atoms with E-state index in [1.165, 1.54) is 12.8 Å². The first-order valence-corrected chi connectivity index (χ1v) is 7.37. The van der Waals surface area contributed by atoms with Gasteiger partial charge in [0.05, 0.1) is 19.2 Å². The first kappa shape index (κ1) is 13.1. The van der Waals surface area contributed by atoms with Gasteiger partial charge in [0.25, 0.3) is 0 Å². The lowest BCUT2D eigenvalue weighted by atomic mass is 10.3. The third kappa shape index (κ3) is 3.11. The van der Waals surface area contributed by atoms with Crippen LogP contribution in [-0.2, 0) is 9.53 Å². The standard InChI is InChI=1S/C11H18N2O2S2/c1-3-15-10(14)8(2)12-6-13(9-4-5-9)11(16)17-7-12/h8-9H,3-7H2,1-2H3. The maximum atomic E-state index is 11.7. The molecule has 0 aromatic carbocycles. The Morgan fingerprint density at radius 1 is 1.65 bits per heavy atom. The maximum absolute atomic E-state index is 11.7. The van der Waals surface area contributed by atoms with Gasteiger partial charge in [-0.15, -0.1) is 0 Å². The minimum Gasteiger partial charge on any atom is -0.465 e. The highest BCUT2D eigenvalue weighted by Crippen LogP contribution is 2.33. The Kier molecular flexibility index (Phi) is 4.27. The molecule has 6 heteroatoms. The second-order valence-electron chi connectivity index (χ2n) is 4.40. The van der Waals surface area contributed by atoms with Crippen LogP contribution in [0.5, 0.6) is 0 Å². The fourth-order valence-corrected chi connectivity index (χ4v) is 3.13. The summed E-state index contributed by atoms with van der Waals surface area (Å²) in [5.74, 6) is 0.638. The molecule has 0 radical (unpaired) electrons. The van der Waals surface area contributed by atoms with Crippen molar-refractivity contribution >= 4 is 34.3 Å². The molecule has 1 heterocycles. The second-order valence-corrected chi connectivity index (χ2v) is 5.98. The number of hydrogen-bond donors (Lipinski definition) is 0. The van der Waals surface area contributed by atoms with Gasteiger partial charge in [0.1, 0.15) is 10.4 Å². The Morgan fingerprint density at radius 3 is 2.94 bits per heavy atom. The summed E-state index contributed by atoms with van der Waals surface area (Å²) in [5.41, 5.74) is 0. The minimum atomic E-state index is -0.188. The van der Waals surface area contributed by atoms with Crippen LogP contribution in [-0.4, -0.2) is 51.3 Å². The average Bonchev–Trinajstić information content (AvgIpc) is 3.13. The lowest BCUT2D eigenvalue weighted by Crippen LogP contribution is -2.51. The van der Waals surface area contributed by atoms with E-state index < -0.39 is 0 Å². The monoisotopic (exact) mass is 274 g/mol. The third-order valence-corrected chi connectivity index (χ3v) is 4.62. The van der Waals surface area contributed by atoms with Crippen molar-refractivity contribution in [3.05, 3.63) is 0 Å². The Labute approximate surface area is 112 Å². The zero-order chi connectivity index (χ0) is 12.4. The molecule has 1 saturated heterocycles. The summed E-state index contributed by atoms with van der Waals surface area (Å²) >= 11 is 6.99. The molecular formula is C11H18N2O2S2. The summed E-state index contributed by atoms with van der Waals surface area (Å²) in [5, 5.41) is 0. The summed E-state index contributed by atoms with van der Waals surface area (Å²) < 4.78 is 6.03. The Morgan fingerprint density at radius 2 is 2.35 bits per heavy atom. The zero-order valence-electron chi connectivity index (χ0n) is 10.2. The molecule has 17 heavy (non-hydrogen) atoms. The summed E-state index contributed by atoms with van der Waals surface area (Å²) in [6.07, 6.45) is 2.45. The van der Waals surface area contributed by atoms with E-state index in [2.05, 4.69) is 9.80 Å². The summed E-state index contributed by atoms with van der Waals surface area (Å²) in [4.78, 5) is 16.0. The van der Waals surface area contributed by atoms with Crippen molar-refractivity contribution in [3.63, 3.8) is 0 Å². The number of hydrogen-bond acceptors (Lipinski definition) is 5. The number of ether oxygens (including phenoxy) is 1. The summed E-state index contributed by atoms with van der Waals surface area (Å²) in [6.45, 7) is 4.94. The smallest absolute Gasteiger partial charge is 0.323 e. The van der Waals surface area contributed by atoms with E-state index in [1.807, 2.05) is 13.8 Å². The second kappa shape index (κ2) is 5.54. The van der Waals surface area contributed by atoms with Crippen molar-refractivity contribution < 1.29 is 9.53 Å². The molecule has 0 N–H and O–H groups in total. The lowest BCUT2D eigenvalue weighted by molar-refractivity contribution is -0.149. The van der Waals surface area contributed by atoms with Gasteiger partial charge in [-0.25, -0.2) is 0 Å². The van der Waals surface area contributed by atoms with Crippen LogP contribution in [0.2, 0.25) is 0 Å². The van der Waals surface area contributed by atoms with Gasteiger partial charge < -0.3 is 9.64 Å². The van der Waals surface area contributed by atoms with Crippen LogP contribution in [0.3, 0.4) is 0 Å². The normalized spacial score (nSPS) is 23.6. The van der Waals surface area contributed by atoms with Crippen molar-refractivity contribution in [3.8, 4) is 0 Å². The molecule has 0 spiro atoms.